The van der Waals surface area contributed by atoms with Gasteiger partial charge in [-0.1, -0.05) is 18.2 Å². The number of likely N-dealkylation sites (tertiary alicyclic amines) is 1. The Bertz CT molecular complexity index is 1020. The Kier molecular flexibility index (Phi) is 5.45. The lowest BCUT2D eigenvalue weighted by molar-refractivity contribution is -0.301. The smallest absolute Gasteiger partial charge is 0.250 e. The van der Waals surface area contributed by atoms with Crippen molar-refractivity contribution in [1.82, 2.24) is 9.47 Å². The summed E-state index contributed by atoms with van der Waals surface area (Å²) in [6, 6.07) is 9.63. The number of benzene rings is 1. The number of halogens is 1. The van der Waals surface area contributed by atoms with E-state index in [-0.39, 0.29) is 40.6 Å². The SMILES string of the molecule is O=C([O-])CSCC(=O)N1C[C@@H]2C[C@H](C1)c1c(-c3ccccc3F)ccc(=O)n1C2. The van der Waals surface area contributed by atoms with E-state index in [2.05, 4.69) is 0 Å². The number of fused-ring (bicyclic) bond motifs is 4. The first-order valence-electron chi connectivity index (χ1n) is 9.48. The minimum absolute atomic E-state index is 0.0684. The van der Waals surface area contributed by atoms with Gasteiger partial charge in [0.2, 0.25) is 5.91 Å². The summed E-state index contributed by atoms with van der Waals surface area (Å²) < 4.78 is 16.2. The summed E-state index contributed by atoms with van der Waals surface area (Å²) in [6.07, 6.45) is 0.834. The standard InChI is InChI=1S/C21H21FN2O4S/c22-17-4-2-1-3-15(17)16-5-6-18(25)24-9-13-7-14(21(16)24)10-23(8-13)19(26)11-29-12-20(27)28/h1-6,13-14H,7-12H2,(H,27,28)/p-1/t13-,14+/m0/s1. The molecule has 1 fully saturated rings. The van der Waals surface area contributed by atoms with Gasteiger partial charge in [-0.15, -0.1) is 11.8 Å². The van der Waals surface area contributed by atoms with Gasteiger partial charge in [-0.3, -0.25) is 9.59 Å². The van der Waals surface area contributed by atoms with Gasteiger partial charge in [0.15, 0.2) is 0 Å². The molecule has 0 unspecified atom stereocenters. The summed E-state index contributed by atoms with van der Waals surface area (Å²) in [7, 11) is 0. The number of aliphatic carboxylic acids is 1. The Morgan fingerprint density at radius 2 is 1.86 bits per heavy atom. The van der Waals surface area contributed by atoms with Crippen molar-refractivity contribution >= 4 is 23.6 Å². The van der Waals surface area contributed by atoms with Gasteiger partial charge in [-0.25, -0.2) is 4.39 Å². The summed E-state index contributed by atoms with van der Waals surface area (Å²) in [5.41, 5.74) is 1.80. The van der Waals surface area contributed by atoms with E-state index in [0.29, 0.717) is 30.8 Å². The van der Waals surface area contributed by atoms with Crippen LogP contribution in [-0.4, -0.2) is 45.9 Å². The molecule has 1 saturated heterocycles. The summed E-state index contributed by atoms with van der Waals surface area (Å²) in [4.78, 5) is 37.4. The van der Waals surface area contributed by atoms with Crippen LogP contribution in [0.5, 0.6) is 0 Å². The number of pyridine rings is 1. The van der Waals surface area contributed by atoms with Gasteiger partial charge in [-0.2, -0.15) is 0 Å². The van der Waals surface area contributed by atoms with E-state index >= 15 is 0 Å². The number of carboxylic acids is 1. The van der Waals surface area contributed by atoms with Crippen molar-refractivity contribution in [2.75, 3.05) is 24.6 Å². The molecule has 152 valence electrons. The van der Waals surface area contributed by atoms with Crippen molar-refractivity contribution in [3.8, 4) is 11.1 Å². The van der Waals surface area contributed by atoms with Crippen LogP contribution in [0, 0.1) is 11.7 Å². The monoisotopic (exact) mass is 415 g/mol. The molecule has 2 atom stereocenters. The third kappa shape index (κ3) is 3.94. The molecular weight excluding hydrogens is 395 g/mol. The number of hydrogen-bond acceptors (Lipinski definition) is 5. The largest absolute Gasteiger partial charge is 0.549 e. The molecule has 0 aliphatic carbocycles. The Labute approximate surface area is 171 Å². The van der Waals surface area contributed by atoms with E-state index in [9.17, 15) is 23.9 Å². The van der Waals surface area contributed by atoms with Crippen LogP contribution in [0.4, 0.5) is 4.39 Å². The van der Waals surface area contributed by atoms with Gasteiger partial charge >= 0.3 is 0 Å². The molecule has 1 aromatic heterocycles. The molecule has 4 rings (SSSR count). The topological polar surface area (TPSA) is 82.4 Å². The number of piperidine rings is 1. The first-order valence-corrected chi connectivity index (χ1v) is 10.6. The molecule has 8 heteroatoms. The van der Waals surface area contributed by atoms with Crippen LogP contribution in [0.25, 0.3) is 11.1 Å². The van der Waals surface area contributed by atoms with Crippen LogP contribution < -0.4 is 10.7 Å². The summed E-state index contributed by atoms with van der Waals surface area (Å²) >= 11 is 1.02. The third-order valence-electron chi connectivity index (χ3n) is 5.55. The third-order valence-corrected chi connectivity index (χ3v) is 6.44. The highest BCUT2D eigenvalue weighted by molar-refractivity contribution is 8.00. The Hall–Kier alpha value is -2.61. The van der Waals surface area contributed by atoms with Gasteiger partial charge in [0.25, 0.3) is 5.56 Å². The number of carboxylic acid groups (broad SMARTS) is 1. The second kappa shape index (κ2) is 8.02. The molecule has 2 bridgehead atoms. The van der Waals surface area contributed by atoms with Crippen LogP contribution in [0.2, 0.25) is 0 Å². The van der Waals surface area contributed by atoms with Gasteiger partial charge in [-0.05, 0) is 24.5 Å². The van der Waals surface area contributed by atoms with Crippen LogP contribution in [0.1, 0.15) is 18.0 Å². The molecule has 1 amide bonds. The second-order valence-corrected chi connectivity index (χ2v) is 8.51. The normalized spacial score (nSPS) is 20.2. The molecule has 3 heterocycles. The molecule has 2 aliphatic heterocycles. The van der Waals surface area contributed by atoms with Crippen molar-refractivity contribution in [2.45, 2.75) is 18.9 Å². The van der Waals surface area contributed by atoms with E-state index in [1.165, 1.54) is 12.1 Å². The maximum Gasteiger partial charge on any atom is 0.250 e. The molecule has 29 heavy (non-hydrogen) atoms. The van der Waals surface area contributed by atoms with E-state index < -0.39 is 5.97 Å². The van der Waals surface area contributed by atoms with Gasteiger partial charge in [0.05, 0.1) is 11.7 Å². The Morgan fingerprint density at radius 1 is 1.07 bits per heavy atom. The highest BCUT2D eigenvalue weighted by Gasteiger charge is 2.37. The summed E-state index contributed by atoms with van der Waals surface area (Å²) in [5.74, 6) is -1.73. The van der Waals surface area contributed by atoms with Crippen LogP contribution in [-0.2, 0) is 16.1 Å². The van der Waals surface area contributed by atoms with Crippen LogP contribution in [0.3, 0.4) is 0 Å². The summed E-state index contributed by atoms with van der Waals surface area (Å²) in [5, 5.41) is 10.6. The van der Waals surface area contributed by atoms with E-state index in [4.69, 9.17) is 0 Å². The van der Waals surface area contributed by atoms with E-state index in [0.717, 1.165) is 23.9 Å². The van der Waals surface area contributed by atoms with Gasteiger partial charge in [0.1, 0.15) is 5.82 Å². The molecule has 2 aliphatic rings. The number of amides is 1. The zero-order valence-electron chi connectivity index (χ0n) is 15.7. The Balaban J connectivity index is 1.65. The predicted octanol–water partition coefficient (Wildman–Crippen LogP) is 1.08. The zero-order chi connectivity index (χ0) is 20.5. The molecule has 0 N–H and O–H groups in total. The molecule has 0 saturated carbocycles. The van der Waals surface area contributed by atoms with Gasteiger partial charge in [0, 0.05) is 54.2 Å². The van der Waals surface area contributed by atoms with Crippen molar-refractivity contribution in [2.24, 2.45) is 5.92 Å². The maximum absolute atomic E-state index is 14.5. The minimum atomic E-state index is -1.19. The van der Waals surface area contributed by atoms with E-state index in [1.807, 2.05) is 0 Å². The number of nitrogens with zero attached hydrogens (tertiary/aromatic N) is 2. The predicted molar refractivity (Wildman–Crippen MR) is 106 cm³/mol. The Morgan fingerprint density at radius 3 is 2.62 bits per heavy atom. The number of aromatic nitrogens is 1. The fourth-order valence-electron chi connectivity index (χ4n) is 4.44. The number of carbonyl (C=O) groups excluding carboxylic acids is 2. The zero-order valence-corrected chi connectivity index (χ0v) is 16.5. The minimum Gasteiger partial charge on any atom is -0.549 e. The average Bonchev–Trinajstić information content (AvgIpc) is 2.69. The van der Waals surface area contributed by atoms with Crippen LogP contribution in [0.15, 0.2) is 41.2 Å². The number of thioether (sulfide) groups is 1. The first-order chi connectivity index (χ1) is 13.9. The molecule has 0 radical (unpaired) electrons. The number of rotatable bonds is 5. The lowest BCUT2D eigenvalue weighted by atomic mass is 9.80. The first kappa shape index (κ1) is 19.7. The summed E-state index contributed by atoms with van der Waals surface area (Å²) in [6.45, 7) is 1.46. The molecular formula is C21H20FN2O4S-. The second-order valence-electron chi connectivity index (χ2n) is 7.52. The van der Waals surface area contributed by atoms with E-state index in [1.54, 1.807) is 33.7 Å². The highest BCUT2D eigenvalue weighted by atomic mass is 32.2. The van der Waals surface area contributed by atoms with Crippen molar-refractivity contribution in [3.63, 3.8) is 0 Å². The fraction of sp³-hybridized carbons (Fsp3) is 0.381. The molecule has 6 nitrogen and oxygen atoms in total. The van der Waals surface area contributed by atoms with Crippen LogP contribution >= 0.6 is 11.8 Å². The van der Waals surface area contributed by atoms with Gasteiger partial charge < -0.3 is 19.4 Å². The maximum atomic E-state index is 14.5. The number of hydrogen-bond donors (Lipinski definition) is 0. The van der Waals surface area contributed by atoms with Crippen molar-refractivity contribution in [1.29, 1.82) is 0 Å². The lowest BCUT2D eigenvalue weighted by Gasteiger charge is -2.43. The quantitative estimate of drug-likeness (QED) is 0.730. The fourth-order valence-corrected chi connectivity index (χ4v) is 5.06. The van der Waals surface area contributed by atoms with Crippen molar-refractivity contribution in [3.05, 3.63) is 58.3 Å². The molecule has 2 aromatic rings. The molecule has 0 spiro atoms. The lowest BCUT2D eigenvalue weighted by Crippen LogP contribution is -2.49. The average molecular weight is 415 g/mol. The highest BCUT2D eigenvalue weighted by Crippen LogP contribution is 2.40. The van der Waals surface area contributed by atoms with Crippen molar-refractivity contribution < 1.29 is 19.1 Å². The molecule has 1 aromatic carbocycles. The number of carbonyl (C=O) groups is 2.